The molecule has 0 aliphatic heterocycles. The number of carbonyl (C=O) groups is 3. The van der Waals surface area contributed by atoms with Gasteiger partial charge < -0.3 is 25.2 Å². The number of benzene rings is 2. The number of Topliss-reactive ketones (excluding diaryl/α,β-unsaturated/α-hetero) is 2. The number of aliphatic hydroxyl groups excluding tert-OH is 2. The van der Waals surface area contributed by atoms with E-state index in [2.05, 4.69) is 62.6 Å². The Balaban J connectivity index is 0.000000219. The number of hydrogen-bond acceptors (Lipinski definition) is 18. The Labute approximate surface area is 489 Å². The molecule has 23 heteroatoms. The molecule has 7 aliphatic carbocycles. The number of nitro groups is 4. The SMILES string of the molecule is CC(=O)CC[C@@H](C)[C@H]1CCC2C(CC=NNc3ccc([N+](=O)[O-])cc3[N+](=O)[O-])C([C@@]3(C)CC[C@H](O)CC3=O)CC[C@@]21C.C[C@H](CCC(=O)O)[C@H]1CCC2C3C(CC[C@@]21C)[C@@]1(C)CC[C@H](O)C[C@@]1(O)[C@@H]3/C=N/Nc1ccc([N+](=O)[O-])cc1[N+](=O)[O-]. The number of hydrogen-bond donors (Lipinski definition) is 6. The van der Waals surface area contributed by atoms with Crippen molar-refractivity contribution in [2.45, 2.75) is 188 Å². The molecule has 0 bridgehead atoms. The van der Waals surface area contributed by atoms with Gasteiger partial charge in [0.1, 0.15) is 22.9 Å². The van der Waals surface area contributed by atoms with Crippen LogP contribution in [0.25, 0.3) is 0 Å². The molecule has 7 fully saturated rings. The first-order chi connectivity index (χ1) is 39.5. The molecule has 0 radical (unpaired) electrons. The van der Waals surface area contributed by atoms with E-state index in [-0.39, 0.29) is 94.2 Å². The van der Waals surface area contributed by atoms with Crippen LogP contribution in [-0.2, 0) is 14.4 Å². The number of carboxylic acids is 1. The van der Waals surface area contributed by atoms with Crippen molar-refractivity contribution in [2.75, 3.05) is 10.9 Å². The van der Waals surface area contributed by atoms with Gasteiger partial charge in [0.15, 0.2) is 0 Å². The first-order valence-corrected chi connectivity index (χ1v) is 30.3. The number of non-ortho nitro benzene ring substituents is 2. The normalized spacial score (nSPS) is 36.7. The van der Waals surface area contributed by atoms with Crippen LogP contribution in [0.5, 0.6) is 0 Å². The summed E-state index contributed by atoms with van der Waals surface area (Å²) >= 11 is 0. The van der Waals surface area contributed by atoms with Crippen molar-refractivity contribution < 1.29 is 54.5 Å². The van der Waals surface area contributed by atoms with Crippen LogP contribution >= 0.6 is 0 Å². The number of fused-ring (bicyclic) bond motifs is 6. The first-order valence-electron chi connectivity index (χ1n) is 30.3. The number of ketones is 2. The molecule has 6 unspecified atom stereocenters. The molecule has 0 amide bonds. The topological polar surface area (TPSA) is 353 Å². The molecular formula is C61H86N8O15. The fourth-order valence-corrected chi connectivity index (χ4v) is 18.7. The third kappa shape index (κ3) is 12.1. The fraction of sp³-hybridized carbons (Fsp3) is 0.721. The molecule has 18 atom stereocenters. The van der Waals surface area contributed by atoms with Gasteiger partial charge in [-0.15, -0.1) is 0 Å². The lowest BCUT2D eigenvalue weighted by Crippen LogP contribution is -2.54. The van der Waals surface area contributed by atoms with Crippen LogP contribution in [0.2, 0.25) is 0 Å². The van der Waals surface area contributed by atoms with E-state index in [4.69, 9.17) is 0 Å². The van der Waals surface area contributed by atoms with Gasteiger partial charge in [0.05, 0.1) is 49.6 Å². The predicted molar refractivity (Wildman–Crippen MR) is 314 cm³/mol. The maximum Gasteiger partial charge on any atom is 0.303 e. The highest BCUT2D eigenvalue weighted by atomic mass is 16.6. The minimum Gasteiger partial charge on any atom is -0.481 e. The fourth-order valence-electron chi connectivity index (χ4n) is 18.7. The number of aliphatic carboxylic acids is 1. The van der Waals surface area contributed by atoms with Gasteiger partial charge in [-0.3, -0.25) is 60.9 Å². The summed E-state index contributed by atoms with van der Waals surface area (Å²) in [7, 11) is 0. The molecular weight excluding hydrogens is 1080 g/mol. The highest BCUT2D eigenvalue weighted by Crippen LogP contribution is 2.73. The number of rotatable bonds is 20. The number of nitrogens with zero attached hydrogens (tertiary/aromatic N) is 6. The van der Waals surface area contributed by atoms with Crippen molar-refractivity contribution in [3.05, 3.63) is 76.9 Å². The summed E-state index contributed by atoms with van der Waals surface area (Å²) in [5.74, 6) is 1.90. The zero-order chi connectivity index (χ0) is 61.4. The Hall–Kier alpha value is -6.33. The van der Waals surface area contributed by atoms with Crippen LogP contribution in [0.15, 0.2) is 46.6 Å². The van der Waals surface area contributed by atoms with Crippen molar-refractivity contribution in [2.24, 2.45) is 97.0 Å². The summed E-state index contributed by atoms with van der Waals surface area (Å²) in [5.41, 5.74) is 1.72. The van der Waals surface area contributed by atoms with Crippen molar-refractivity contribution in [3.8, 4) is 0 Å². The number of carboxylic acid groups (broad SMARTS) is 1. The van der Waals surface area contributed by atoms with Gasteiger partial charge in [-0.1, -0.05) is 41.5 Å². The van der Waals surface area contributed by atoms with Crippen LogP contribution in [-0.4, -0.2) is 87.9 Å². The Morgan fingerprint density at radius 1 is 0.679 bits per heavy atom. The molecule has 84 heavy (non-hydrogen) atoms. The van der Waals surface area contributed by atoms with E-state index in [1.165, 1.54) is 24.3 Å². The minimum atomic E-state index is -1.22. The van der Waals surface area contributed by atoms with E-state index in [9.17, 15) is 75.3 Å². The van der Waals surface area contributed by atoms with Gasteiger partial charge in [-0.25, -0.2) is 0 Å². The number of carbonyl (C=O) groups excluding carboxylic acids is 2. The summed E-state index contributed by atoms with van der Waals surface area (Å²) in [4.78, 5) is 79.0. The second-order valence-corrected chi connectivity index (χ2v) is 27.2. The van der Waals surface area contributed by atoms with Crippen LogP contribution in [0.1, 0.15) is 170 Å². The van der Waals surface area contributed by atoms with E-state index in [1.807, 2.05) is 0 Å². The summed E-state index contributed by atoms with van der Waals surface area (Å²) in [6, 6.07) is 6.72. The molecule has 7 aliphatic rings. The van der Waals surface area contributed by atoms with E-state index >= 15 is 0 Å². The lowest BCUT2D eigenvalue weighted by atomic mass is 9.49. The average Bonchev–Trinajstić information content (AvgIpc) is 1.54. The van der Waals surface area contributed by atoms with Gasteiger partial charge in [0.25, 0.3) is 11.4 Å². The Bertz CT molecular complexity index is 2920. The average molecular weight is 1170 g/mol. The van der Waals surface area contributed by atoms with Crippen LogP contribution in [0.4, 0.5) is 34.1 Å². The van der Waals surface area contributed by atoms with Crippen LogP contribution in [0.3, 0.4) is 0 Å². The van der Waals surface area contributed by atoms with E-state index < -0.39 is 77.3 Å². The van der Waals surface area contributed by atoms with Gasteiger partial charge in [0.2, 0.25) is 0 Å². The van der Waals surface area contributed by atoms with E-state index in [1.54, 1.807) is 19.4 Å². The third-order valence-corrected chi connectivity index (χ3v) is 23.1. The molecule has 0 saturated heterocycles. The number of anilines is 2. The maximum absolute atomic E-state index is 13.4. The summed E-state index contributed by atoms with van der Waals surface area (Å²) in [6.07, 6.45) is 15.9. The van der Waals surface area contributed by atoms with Crippen molar-refractivity contribution >= 4 is 64.1 Å². The molecule has 6 N–H and O–H groups in total. The maximum atomic E-state index is 13.4. The molecule has 0 heterocycles. The summed E-state index contributed by atoms with van der Waals surface area (Å²) in [6.45, 7) is 15.0. The molecule has 7 saturated carbocycles. The molecule has 2 aromatic carbocycles. The van der Waals surface area contributed by atoms with Crippen LogP contribution < -0.4 is 10.9 Å². The second-order valence-electron chi connectivity index (χ2n) is 27.2. The van der Waals surface area contributed by atoms with Gasteiger partial charge in [0, 0.05) is 67.0 Å². The quantitative estimate of drug-likeness (QED) is 0.0407. The Kier molecular flexibility index (Phi) is 18.9. The van der Waals surface area contributed by atoms with E-state index in [0.717, 1.165) is 69.9 Å². The highest BCUT2D eigenvalue weighted by Gasteiger charge is 2.72. The smallest absolute Gasteiger partial charge is 0.303 e. The lowest BCUT2D eigenvalue weighted by molar-refractivity contribution is -0.393. The lowest BCUT2D eigenvalue weighted by Gasteiger charge is -2.55. The second kappa shape index (κ2) is 24.9. The summed E-state index contributed by atoms with van der Waals surface area (Å²) in [5, 5.41) is 96.8. The van der Waals surface area contributed by atoms with Gasteiger partial charge in [-0.05, 0) is 185 Å². The monoisotopic (exact) mass is 1170 g/mol. The zero-order valence-electron chi connectivity index (χ0n) is 49.5. The van der Waals surface area contributed by atoms with Crippen molar-refractivity contribution in [1.29, 1.82) is 0 Å². The largest absolute Gasteiger partial charge is 0.481 e. The number of hydrazone groups is 2. The van der Waals surface area contributed by atoms with Crippen molar-refractivity contribution in [1.82, 2.24) is 0 Å². The molecule has 0 spiro atoms. The standard InChI is InChI=1S/C31H44N4O7.C30H42N4O8/c1-19(5-6-20(2)36)24-8-9-25-23(13-16-32-33-27-10-7-21(34(39)40)17-28(27)35(41)42)26(12-15-30(24,25)3)31(4)14-11-22(37)18-29(31)38;1-17(4-9-26(36)37)20-6-7-21-27-22(11-12-28(20,21)2)29(3)13-10-19(35)15-30(29,38)23(27)16-31-32-24-8-5-18(33(39)40)14-25(24)34(41)42/h7,10,16-17,19,22-26,33,37H,5-6,8-9,11-15,18H2,1-4H3;5,8,14,16-17,19-23,27,32,35,38H,4,6-7,9-13,15H2,1-3H3,(H,36,37)/b;31-16+/t19-,22+,23?,24-,25?,26?,30-,31-;17-,19+,20-,21?,22?,23-,27?,28-,29-,30-/m11/s1. The molecule has 460 valence electrons. The molecule has 9 rings (SSSR count). The predicted octanol–water partition coefficient (Wildman–Crippen LogP) is 11.8. The van der Waals surface area contributed by atoms with Crippen LogP contribution in [0, 0.1) is 127 Å². The number of nitrogens with one attached hydrogen (secondary N) is 2. The van der Waals surface area contributed by atoms with Crippen molar-refractivity contribution in [3.63, 3.8) is 0 Å². The zero-order valence-corrected chi connectivity index (χ0v) is 49.5. The van der Waals surface area contributed by atoms with Gasteiger partial charge in [-0.2, -0.15) is 10.2 Å². The third-order valence-electron chi connectivity index (χ3n) is 23.1. The molecule has 2 aromatic rings. The number of nitro benzene ring substituents is 4. The summed E-state index contributed by atoms with van der Waals surface area (Å²) < 4.78 is 0. The molecule has 23 nitrogen and oxygen atoms in total. The molecule has 0 aromatic heterocycles. The van der Waals surface area contributed by atoms with Gasteiger partial charge >= 0.3 is 17.3 Å². The Morgan fingerprint density at radius 3 is 1.74 bits per heavy atom. The van der Waals surface area contributed by atoms with E-state index in [0.29, 0.717) is 68.6 Å². The number of aliphatic hydroxyl groups is 3. The Morgan fingerprint density at radius 2 is 1.20 bits per heavy atom. The highest BCUT2D eigenvalue weighted by molar-refractivity contribution is 5.86. The first kappa shape index (κ1) is 63.7. The minimum absolute atomic E-state index is 0.0106.